The van der Waals surface area contributed by atoms with Gasteiger partial charge in [0.2, 0.25) is 10.0 Å². The van der Waals surface area contributed by atoms with Gasteiger partial charge >= 0.3 is 0 Å². The van der Waals surface area contributed by atoms with E-state index in [1.165, 1.54) is 12.1 Å². The van der Waals surface area contributed by atoms with Crippen LogP contribution in [0.25, 0.3) is 0 Å². The highest BCUT2D eigenvalue weighted by molar-refractivity contribution is 7.89. The van der Waals surface area contributed by atoms with E-state index in [-0.39, 0.29) is 22.4 Å². The highest BCUT2D eigenvalue weighted by Crippen LogP contribution is 2.27. The Hall–Kier alpha value is -1.83. The third-order valence-electron chi connectivity index (χ3n) is 4.22. The van der Waals surface area contributed by atoms with Gasteiger partial charge in [-0.25, -0.2) is 13.6 Å². The minimum atomic E-state index is -4.02. The molecule has 0 radical (unpaired) electrons. The molecule has 12 heteroatoms. The summed E-state index contributed by atoms with van der Waals surface area (Å²) in [6.45, 7) is 4.78. The Kier molecular flexibility index (Phi) is 8.54. The maximum Gasteiger partial charge on any atom is 0.293 e. The van der Waals surface area contributed by atoms with E-state index in [1.54, 1.807) is 7.11 Å². The summed E-state index contributed by atoms with van der Waals surface area (Å²) in [6.07, 6.45) is -0.162. The monoisotopic (exact) mass is 418 g/mol. The maximum atomic E-state index is 11.4. The van der Waals surface area contributed by atoms with Crippen LogP contribution in [0.5, 0.6) is 0 Å². The van der Waals surface area contributed by atoms with Gasteiger partial charge in [-0.05, 0) is 12.1 Å². The number of ether oxygens (including phenoxy) is 3. The molecule has 1 aromatic carbocycles. The Bertz CT molecular complexity index is 759. The number of hydrogen-bond acceptors (Lipinski definition) is 9. The topological polar surface area (TPSA) is 146 Å². The fourth-order valence-corrected chi connectivity index (χ4v) is 3.29. The quantitative estimate of drug-likeness (QED) is 0.288. The van der Waals surface area contributed by atoms with E-state index in [0.717, 1.165) is 19.2 Å². The van der Waals surface area contributed by atoms with E-state index in [1.807, 2.05) is 0 Å². The third-order valence-corrected chi connectivity index (χ3v) is 5.13. The molecule has 0 aromatic heterocycles. The van der Waals surface area contributed by atoms with Crippen LogP contribution < -0.4 is 10.5 Å². The SMILES string of the molecule is COCCOCCN1CCO[C@@H](CNc2ccc(S(N)(=O)=O)cc2[N+](=O)[O-])C1. The lowest BCUT2D eigenvalue weighted by Crippen LogP contribution is -2.46. The van der Waals surface area contributed by atoms with E-state index in [9.17, 15) is 18.5 Å². The van der Waals surface area contributed by atoms with Gasteiger partial charge in [0.25, 0.3) is 5.69 Å². The molecular formula is C16H26N4O7S. The van der Waals surface area contributed by atoms with Crippen LogP contribution in [0.15, 0.2) is 23.1 Å². The van der Waals surface area contributed by atoms with E-state index in [2.05, 4.69) is 10.2 Å². The normalized spacial score (nSPS) is 18.1. The first-order valence-electron chi connectivity index (χ1n) is 8.77. The summed E-state index contributed by atoms with van der Waals surface area (Å²) in [4.78, 5) is 12.5. The number of sulfonamides is 1. The van der Waals surface area contributed by atoms with Crippen molar-refractivity contribution >= 4 is 21.4 Å². The van der Waals surface area contributed by atoms with Crippen molar-refractivity contribution in [2.75, 3.05) is 65.0 Å². The smallest absolute Gasteiger partial charge is 0.293 e. The first-order valence-corrected chi connectivity index (χ1v) is 10.3. The Balaban J connectivity index is 1.89. The molecule has 1 aliphatic heterocycles. The van der Waals surface area contributed by atoms with Crippen LogP contribution in [-0.4, -0.2) is 84.1 Å². The molecule has 1 heterocycles. The predicted octanol–water partition coefficient (Wildman–Crippen LogP) is 0.0179. The Morgan fingerprint density at radius 2 is 2.18 bits per heavy atom. The second kappa shape index (κ2) is 10.6. The van der Waals surface area contributed by atoms with E-state index >= 15 is 0 Å². The van der Waals surface area contributed by atoms with Crippen molar-refractivity contribution in [1.29, 1.82) is 0 Å². The molecule has 0 unspecified atom stereocenters. The summed E-state index contributed by atoms with van der Waals surface area (Å²) < 4.78 is 38.9. The van der Waals surface area contributed by atoms with Crippen molar-refractivity contribution in [3.8, 4) is 0 Å². The Morgan fingerprint density at radius 1 is 1.39 bits per heavy atom. The average Bonchev–Trinajstić information content (AvgIpc) is 2.65. The van der Waals surface area contributed by atoms with Crippen LogP contribution in [0.4, 0.5) is 11.4 Å². The molecule has 0 aliphatic carbocycles. The zero-order valence-corrected chi connectivity index (χ0v) is 16.5. The van der Waals surface area contributed by atoms with Crippen molar-refractivity contribution in [3.05, 3.63) is 28.3 Å². The highest BCUT2D eigenvalue weighted by atomic mass is 32.2. The van der Waals surface area contributed by atoms with E-state index in [4.69, 9.17) is 19.3 Å². The molecule has 1 fully saturated rings. The summed E-state index contributed by atoms with van der Waals surface area (Å²) >= 11 is 0. The number of nitro benzene ring substituents is 1. The van der Waals surface area contributed by atoms with Gasteiger partial charge in [0.05, 0.1) is 42.4 Å². The first-order chi connectivity index (χ1) is 13.3. The third kappa shape index (κ3) is 6.96. The molecule has 1 aliphatic rings. The number of benzene rings is 1. The zero-order chi connectivity index (χ0) is 20.6. The summed E-state index contributed by atoms with van der Waals surface area (Å²) in [5.74, 6) is 0. The van der Waals surface area contributed by atoms with Crippen molar-refractivity contribution in [2.45, 2.75) is 11.0 Å². The Labute approximate surface area is 163 Å². The molecule has 3 N–H and O–H groups in total. The number of hydrogen-bond donors (Lipinski definition) is 2. The number of morpholine rings is 1. The second-order valence-electron chi connectivity index (χ2n) is 6.26. The fraction of sp³-hybridized carbons (Fsp3) is 0.625. The molecule has 1 aromatic rings. The number of anilines is 1. The van der Waals surface area contributed by atoms with Crippen molar-refractivity contribution in [2.24, 2.45) is 5.14 Å². The van der Waals surface area contributed by atoms with Gasteiger partial charge < -0.3 is 19.5 Å². The number of primary sulfonamides is 1. The lowest BCUT2D eigenvalue weighted by atomic mass is 10.2. The number of rotatable bonds is 11. The van der Waals surface area contributed by atoms with Gasteiger partial charge in [0, 0.05) is 39.4 Å². The lowest BCUT2D eigenvalue weighted by molar-refractivity contribution is -0.384. The van der Waals surface area contributed by atoms with Crippen LogP contribution in [-0.2, 0) is 24.2 Å². The van der Waals surface area contributed by atoms with E-state index in [0.29, 0.717) is 39.5 Å². The average molecular weight is 418 g/mol. The van der Waals surface area contributed by atoms with Crippen molar-refractivity contribution in [1.82, 2.24) is 4.90 Å². The molecule has 1 saturated heterocycles. The number of nitro groups is 1. The van der Waals surface area contributed by atoms with Gasteiger partial charge in [0.1, 0.15) is 5.69 Å². The molecule has 158 valence electrons. The molecule has 0 spiro atoms. The van der Waals surface area contributed by atoms with Crippen LogP contribution >= 0.6 is 0 Å². The Morgan fingerprint density at radius 3 is 2.86 bits per heavy atom. The molecule has 11 nitrogen and oxygen atoms in total. The van der Waals surface area contributed by atoms with Crippen LogP contribution in [0, 0.1) is 10.1 Å². The lowest BCUT2D eigenvalue weighted by Gasteiger charge is -2.33. The van der Waals surface area contributed by atoms with Crippen LogP contribution in [0.3, 0.4) is 0 Å². The van der Waals surface area contributed by atoms with Gasteiger partial charge in [-0.2, -0.15) is 0 Å². The van der Waals surface area contributed by atoms with E-state index < -0.39 is 14.9 Å². The molecule has 2 rings (SSSR count). The van der Waals surface area contributed by atoms with Crippen LogP contribution in [0.1, 0.15) is 0 Å². The molecule has 28 heavy (non-hydrogen) atoms. The fourth-order valence-electron chi connectivity index (χ4n) is 2.76. The van der Waals surface area contributed by atoms with Crippen molar-refractivity contribution < 1.29 is 27.6 Å². The first kappa shape index (κ1) is 22.5. The van der Waals surface area contributed by atoms with Crippen molar-refractivity contribution in [3.63, 3.8) is 0 Å². The van der Waals surface area contributed by atoms with Crippen LogP contribution in [0.2, 0.25) is 0 Å². The number of nitrogens with zero attached hydrogens (tertiary/aromatic N) is 2. The molecule has 0 saturated carbocycles. The zero-order valence-electron chi connectivity index (χ0n) is 15.7. The molecule has 0 amide bonds. The second-order valence-corrected chi connectivity index (χ2v) is 7.82. The number of methoxy groups -OCH3 is 1. The number of nitrogens with one attached hydrogen (secondary N) is 1. The molecular weight excluding hydrogens is 392 g/mol. The van der Waals surface area contributed by atoms with Gasteiger partial charge in [-0.15, -0.1) is 0 Å². The summed E-state index contributed by atoms with van der Waals surface area (Å²) in [6, 6.07) is 3.52. The largest absolute Gasteiger partial charge is 0.382 e. The minimum Gasteiger partial charge on any atom is -0.382 e. The maximum absolute atomic E-state index is 11.4. The minimum absolute atomic E-state index is 0.162. The van der Waals surface area contributed by atoms with Gasteiger partial charge in [-0.3, -0.25) is 15.0 Å². The standard InChI is InChI=1S/C16H26N4O7S/c1-25-8-9-26-6-4-19-5-7-27-13(12-19)11-18-15-3-2-14(28(17,23)24)10-16(15)20(21)22/h2-3,10,13,18H,4-9,11-12H2,1H3,(H2,17,23,24)/t13-/m0/s1. The van der Waals surface area contributed by atoms with Gasteiger partial charge in [-0.1, -0.05) is 0 Å². The van der Waals surface area contributed by atoms with Gasteiger partial charge in [0.15, 0.2) is 0 Å². The highest BCUT2D eigenvalue weighted by Gasteiger charge is 2.23. The summed E-state index contributed by atoms with van der Waals surface area (Å²) in [7, 11) is -2.40. The number of nitrogens with two attached hydrogens (primary N) is 1. The summed E-state index contributed by atoms with van der Waals surface area (Å²) in [5.41, 5.74) is -0.147. The molecule has 0 bridgehead atoms. The predicted molar refractivity (Wildman–Crippen MR) is 102 cm³/mol. The summed E-state index contributed by atoms with van der Waals surface area (Å²) in [5, 5.41) is 19.3. The molecule has 1 atom stereocenters.